The van der Waals surface area contributed by atoms with E-state index in [-0.39, 0.29) is 0 Å². The second kappa shape index (κ2) is 7.84. The molecule has 1 aliphatic heterocycles. The van der Waals surface area contributed by atoms with Crippen LogP contribution in [0.1, 0.15) is 12.8 Å². The maximum atomic E-state index is 9.63. The van der Waals surface area contributed by atoms with E-state index < -0.39 is 6.10 Å². The molecule has 112 valence electrons. The maximum absolute atomic E-state index is 9.63. The zero-order valence-electron chi connectivity index (χ0n) is 11.9. The van der Waals surface area contributed by atoms with E-state index in [1.54, 1.807) is 7.11 Å². The Morgan fingerprint density at radius 3 is 2.60 bits per heavy atom. The molecular weight excluding hydrogens is 276 g/mol. The molecule has 2 N–H and O–H groups in total. The number of benzene rings is 1. The lowest BCUT2D eigenvalue weighted by molar-refractivity contribution is 0.0621. The third kappa shape index (κ3) is 4.63. The first-order valence-corrected chi connectivity index (χ1v) is 7.47. The molecule has 0 spiro atoms. The summed E-state index contributed by atoms with van der Waals surface area (Å²) in [6.07, 6.45) is 1.75. The van der Waals surface area contributed by atoms with E-state index in [0.29, 0.717) is 19.2 Å². The van der Waals surface area contributed by atoms with Gasteiger partial charge in [-0.3, -0.25) is 0 Å². The maximum Gasteiger partial charge on any atom is 0.0897 e. The smallest absolute Gasteiger partial charge is 0.0897 e. The Hall–Kier alpha value is -0.810. The summed E-state index contributed by atoms with van der Waals surface area (Å²) in [5, 5.41) is 13.8. The Bertz CT molecular complexity index is 391. The molecule has 1 fully saturated rings. The van der Waals surface area contributed by atoms with Crippen LogP contribution in [0.4, 0.5) is 5.69 Å². The normalized spacial score (nSPS) is 18.2. The monoisotopic (exact) mass is 298 g/mol. The van der Waals surface area contributed by atoms with Crippen molar-refractivity contribution >= 4 is 17.3 Å². The molecule has 1 aromatic rings. The Kier molecular flexibility index (Phi) is 6.10. The zero-order valence-corrected chi connectivity index (χ0v) is 12.6. The van der Waals surface area contributed by atoms with E-state index >= 15 is 0 Å². The van der Waals surface area contributed by atoms with Crippen molar-refractivity contribution in [1.29, 1.82) is 0 Å². The van der Waals surface area contributed by atoms with Gasteiger partial charge in [0, 0.05) is 43.5 Å². The highest BCUT2D eigenvalue weighted by atomic mass is 35.5. The lowest BCUT2D eigenvalue weighted by Crippen LogP contribution is -2.45. The van der Waals surface area contributed by atoms with Crippen LogP contribution in [0.5, 0.6) is 0 Å². The predicted octanol–water partition coefficient (Wildman–Crippen LogP) is 1.91. The first-order chi connectivity index (χ1) is 9.69. The molecule has 1 aromatic carbocycles. The molecule has 0 aliphatic carbocycles. The number of hydrogen-bond donors (Lipinski definition) is 2. The quantitative estimate of drug-likeness (QED) is 0.842. The molecule has 2 rings (SSSR count). The molecule has 4 nitrogen and oxygen atoms in total. The third-order valence-corrected chi connectivity index (χ3v) is 3.94. The Morgan fingerprint density at radius 1 is 1.35 bits per heavy atom. The average molecular weight is 299 g/mol. The van der Waals surface area contributed by atoms with Crippen LogP contribution in [0.15, 0.2) is 24.3 Å². The minimum Gasteiger partial charge on any atom is -0.389 e. The Morgan fingerprint density at radius 2 is 2.00 bits per heavy atom. The highest BCUT2D eigenvalue weighted by Crippen LogP contribution is 2.21. The van der Waals surface area contributed by atoms with Gasteiger partial charge in [0.05, 0.1) is 12.7 Å². The van der Waals surface area contributed by atoms with Gasteiger partial charge in [0.1, 0.15) is 0 Å². The molecule has 1 heterocycles. The van der Waals surface area contributed by atoms with E-state index in [0.717, 1.165) is 31.0 Å². The first kappa shape index (κ1) is 15.6. The molecule has 1 unspecified atom stereocenters. The highest BCUT2D eigenvalue weighted by Gasteiger charge is 2.19. The standard InChI is InChI=1S/C15H23ClN2O2/c1-20-11-15(19)10-17-13-6-8-18(9-7-13)14-4-2-12(16)3-5-14/h2-5,13,15,17,19H,6-11H2,1H3. The Balaban J connectivity index is 1.73. The molecule has 20 heavy (non-hydrogen) atoms. The second-order valence-electron chi connectivity index (χ2n) is 5.26. The van der Waals surface area contributed by atoms with E-state index in [1.807, 2.05) is 12.1 Å². The SMILES string of the molecule is COCC(O)CNC1CCN(c2ccc(Cl)cc2)CC1. The van der Waals surface area contributed by atoms with Gasteiger partial charge in [-0.15, -0.1) is 0 Å². The van der Waals surface area contributed by atoms with Gasteiger partial charge in [-0.05, 0) is 37.1 Å². The summed E-state index contributed by atoms with van der Waals surface area (Å²) in [7, 11) is 1.60. The Labute approximate surface area is 125 Å². The molecular formula is C15H23ClN2O2. The van der Waals surface area contributed by atoms with Gasteiger partial charge < -0.3 is 20.1 Å². The number of hydrogen-bond acceptors (Lipinski definition) is 4. The molecule has 1 atom stereocenters. The summed E-state index contributed by atoms with van der Waals surface area (Å²) in [5.74, 6) is 0. The fraction of sp³-hybridized carbons (Fsp3) is 0.600. The molecule has 1 aliphatic rings. The number of halogens is 1. The number of nitrogens with one attached hydrogen (secondary N) is 1. The van der Waals surface area contributed by atoms with E-state index in [9.17, 15) is 5.11 Å². The lowest BCUT2D eigenvalue weighted by Gasteiger charge is -2.34. The summed E-state index contributed by atoms with van der Waals surface area (Å²) >= 11 is 5.91. The van der Waals surface area contributed by atoms with Crippen LogP contribution in [0.2, 0.25) is 5.02 Å². The average Bonchev–Trinajstić information content (AvgIpc) is 2.47. The molecule has 5 heteroatoms. The molecule has 0 saturated carbocycles. The number of methoxy groups -OCH3 is 1. The van der Waals surface area contributed by atoms with Crippen LogP contribution >= 0.6 is 11.6 Å². The number of aliphatic hydroxyl groups excluding tert-OH is 1. The molecule has 0 bridgehead atoms. The number of nitrogens with zero attached hydrogens (tertiary/aromatic N) is 1. The van der Waals surface area contributed by atoms with Gasteiger partial charge in [-0.2, -0.15) is 0 Å². The van der Waals surface area contributed by atoms with Gasteiger partial charge in [-0.1, -0.05) is 11.6 Å². The van der Waals surface area contributed by atoms with Gasteiger partial charge >= 0.3 is 0 Å². The van der Waals surface area contributed by atoms with Crippen LogP contribution in [-0.4, -0.2) is 50.6 Å². The second-order valence-corrected chi connectivity index (χ2v) is 5.69. The lowest BCUT2D eigenvalue weighted by atomic mass is 10.0. The van der Waals surface area contributed by atoms with E-state index in [4.69, 9.17) is 16.3 Å². The van der Waals surface area contributed by atoms with Crippen molar-refractivity contribution in [3.8, 4) is 0 Å². The van der Waals surface area contributed by atoms with Crippen LogP contribution in [0, 0.1) is 0 Å². The van der Waals surface area contributed by atoms with Crippen LogP contribution in [0.25, 0.3) is 0 Å². The summed E-state index contributed by atoms with van der Waals surface area (Å²) in [6, 6.07) is 8.48. The van der Waals surface area contributed by atoms with Crippen molar-refractivity contribution in [1.82, 2.24) is 5.32 Å². The number of ether oxygens (including phenoxy) is 1. The van der Waals surface area contributed by atoms with Crippen LogP contribution < -0.4 is 10.2 Å². The van der Waals surface area contributed by atoms with Crippen molar-refractivity contribution in [2.75, 3.05) is 38.3 Å². The van der Waals surface area contributed by atoms with Gasteiger partial charge in [0.15, 0.2) is 0 Å². The molecule has 1 saturated heterocycles. The van der Waals surface area contributed by atoms with Gasteiger partial charge in [0.2, 0.25) is 0 Å². The first-order valence-electron chi connectivity index (χ1n) is 7.10. The highest BCUT2D eigenvalue weighted by molar-refractivity contribution is 6.30. The third-order valence-electron chi connectivity index (χ3n) is 3.69. The van der Waals surface area contributed by atoms with Crippen molar-refractivity contribution in [3.05, 3.63) is 29.3 Å². The fourth-order valence-corrected chi connectivity index (χ4v) is 2.67. The number of aliphatic hydroxyl groups is 1. The number of piperidine rings is 1. The fourth-order valence-electron chi connectivity index (χ4n) is 2.55. The molecule has 0 aromatic heterocycles. The predicted molar refractivity (Wildman–Crippen MR) is 82.6 cm³/mol. The number of rotatable bonds is 6. The van der Waals surface area contributed by atoms with Crippen LogP contribution in [0.3, 0.4) is 0 Å². The van der Waals surface area contributed by atoms with E-state index in [2.05, 4.69) is 22.3 Å². The van der Waals surface area contributed by atoms with Crippen molar-refractivity contribution < 1.29 is 9.84 Å². The van der Waals surface area contributed by atoms with E-state index in [1.165, 1.54) is 5.69 Å². The summed E-state index contributed by atoms with van der Waals surface area (Å²) in [6.45, 7) is 3.04. The minimum atomic E-state index is -0.422. The minimum absolute atomic E-state index is 0.386. The van der Waals surface area contributed by atoms with Crippen molar-refractivity contribution in [2.45, 2.75) is 25.0 Å². The van der Waals surface area contributed by atoms with Gasteiger partial charge in [-0.25, -0.2) is 0 Å². The number of anilines is 1. The largest absolute Gasteiger partial charge is 0.389 e. The molecule has 0 amide bonds. The van der Waals surface area contributed by atoms with Crippen LogP contribution in [-0.2, 0) is 4.74 Å². The van der Waals surface area contributed by atoms with Gasteiger partial charge in [0.25, 0.3) is 0 Å². The zero-order chi connectivity index (χ0) is 14.4. The summed E-state index contributed by atoms with van der Waals surface area (Å²) < 4.78 is 4.92. The molecule has 0 radical (unpaired) electrons. The summed E-state index contributed by atoms with van der Waals surface area (Å²) in [5.41, 5.74) is 1.23. The van der Waals surface area contributed by atoms with Crippen molar-refractivity contribution in [3.63, 3.8) is 0 Å². The topological polar surface area (TPSA) is 44.7 Å². The summed E-state index contributed by atoms with van der Waals surface area (Å²) in [4.78, 5) is 2.38. The van der Waals surface area contributed by atoms with Crippen molar-refractivity contribution in [2.24, 2.45) is 0 Å².